The highest BCUT2D eigenvalue weighted by Gasteiger charge is 2.29. The lowest BCUT2D eigenvalue weighted by molar-refractivity contribution is 0.0790. The maximum atomic E-state index is 12.3. The Balaban J connectivity index is 2.16. The number of nitrogens with zero attached hydrogens (tertiary/aromatic N) is 1. The number of hydrogen-bond donors (Lipinski definition) is 3. The van der Waals surface area contributed by atoms with Crippen molar-refractivity contribution >= 4 is 10.0 Å². The average Bonchev–Trinajstić information content (AvgIpc) is 2.83. The highest BCUT2D eigenvalue weighted by molar-refractivity contribution is 7.89. The first-order valence-electron chi connectivity index (χ1n) is 6.53. The van der Waals surface area contributed by atoms with Gasteiger partial charge in [-0.05, 0) is 32.8 Å². The van der Waals surface area contributed by atoms with Crippen LogP contribution in [0.5, 0.6) is 0 Å². The Labute approximate surface area is 113 Å². The molecule has 3 N–H and O–H groups in total. The lowest BCUT2D eigenvalue weighted by Crippen LogP contribution is -2.53. The van der Waals surface area contributed by atoms with Gasteiger partial charge in [0.1, 0.15) is 4.90 Å². The molecule has 7 heteroatoms. The standard InChI is InChI=1S/C12H21N3O3S/c1-9-4-3-5-10(2)15(9)14-19(17,18)12-6-11(8-16)13-7-12/h6-7,9-10,13-14,16H,3-5,8H2,1-2H3. The molecule has 0 aliphatic carbocycles. The Hall–Kier alpha value is -0.890. The molecule has 0 radical (unpaired) electrons. The van der Waals surface area contributed by atoms with E-state index in [4.69, 9.17) is 5.11 Å². The number of aliphatic hydroxyl groups is 1. The van der Waals surface area contributed by atoms with Gasteiger partial charge in [0.25, 0.3) is 10.0 Å². The van der Waals surface area contributed by atoms with Crippen LogP contribution >= 0.6 is 0 Å². The minimum Gasteiger partial charge on any atom is -0.390 e. The van der Waals surface area contributed by atoms with Crippen LogP contribution in [0, 0.1) is 0 Å². The normalized spacial score (nSPS) is 25.6. The summed E-state index contributed by atoms with van der Waals surface area (Å²) in [6.45, 7) is 3.84. The van der Waals surface area contributed by atoms with Gasteiger partial charge in [0.05, 0.1) is 6.61 Å². The zero-order chi connectivity index (χ0) is 14.0. The summed E-state index contributed by atoms with van der Waals surface area (Å²) in [6.07, 6.45) is 4.50. The summed E-state index contributed by atoms with van der Waals surface area (Å²) in [5, 5.41) is 10.8. The fourth-order valence-electron chi connectivity index (χ4n) is 2.46. The van der Waals surface area contributed by atoms with Crippen LogP contribution in [0.3, 0.4) is 0 Å². The van der Waals surface area contributed by atoms with Gasteiger partial charge in [-0.3, -0.25) is 0 Å². The first-order valence-corrected chi connectivity index (χ1v) is 8.01. The highest BCUT2D eigenvalue weighted by atomic mass is 32.2. The second-order valence-electron chi connectivity index (χ2n) is 5.15. The predicted octanol–water partition coefficient (Wildman–Crippen LogP) is 0.963. The van der Waals surface area contributed by atoms with Crippen molar-refractivity contribution in [1.29, 1.82) is 0 Å². The van der Waals surface area contributed by atoms with Gasteiger partial charge >= 0.3 is 0 Å². The predicted molar refractivity (Wildman–Crippen MR) is 71.7 cm³/mol. The number of aliphatic hydroxyl groups excluding tert-OH is 1. The minimum absolute atomic E-state index is 0.154. The maximum Gasteiger partial charge on any atom is 0.254 e. The molecule has 1 aliphatic rings. The Kier molecular flexibility index (Phi) is 4.29. The molecule has 0 aromatic carbocycles. The van der Waals surface area contributed by atoms with Crippen LogP contribution in [0.15, 0.2) is 17.2 Å². The van der Waals surface area contributed by atoms with Crippen LogP contribution in [-0.2, 0) is 16.6 Å². The van der Waals surface area contributed by atoms with Crippen LogP contribution in [0.4, 0.5) is 0 Å². The summed E-state index contributed by atoms with van der Waals surface area (Å²) in [5.74, 6) is 0. The van der Waals surface area contributed by atoms with Crippen LogP contribution in [0.1, 0.15) is 38.8 Å². The summed E-state index contributed by atoms with van der Waals surface area (Å²) in [6, 6.07) is 1.83. The Morgan fingerprint density at radius 3 is 2.58 bits per heavy atom. The molecule has 19 heavy (non-hydrogen) atoms. The third kappa shape index (κ3) is 3.17. The molecule has 1 aliphatic heterocycles. The number of hydrazine groups is 1. The smallest absolute Gasteiger partial charge is 0.254 e. The quantitative estimate of drug-likeness (QED) is 0.770. The third-order valence-corrected chi connectivity index (χ3v) is 4.92. The number of nitrogens with one attached hydrogen (secondary N) is 2. The molecule has 0 amide bonds. The van der Waals surface area contributed by atoms with E-state index in [2.05, 4.69) is 9.82 Å². The molecule has 2 unspecified atom stereocenters. The fraction of sp³-hybridized carbons (Fsp3) is 0.667. The van der Waals surface area contributed by atoms with Crippen molar-refractivity contribution in [2.45, 2.75) is 56.7 Å². The van der Waals surface area contributed by atoms with Gasteiger partial charge in [0, 0.05) is 24.0 Å². The number of rotatable bonds is 4. The SMILES string of the molecule is CC1CCCC(C)N1NS(=O)(=O)c1c[nH]c(CO)c1. The number of sulfonamides is 1. The molecule has 2 heterocycles. The lowest BCUT2D eigenvalue weighted by Gasteiger charge is -2.38. The zero-order valence-electron chi connectivity index (χ0n) is 11.3. The second-order valence-corrected chi connectivity index (χ2v) is 6.81. The van der Waals surface area contributed by atoms with E-state index < -0.39 is 10.0 Å². The molecule has 1 aromatic rings. The van der Waals surface area contributed by atoms with E-state index in [0.29, 0.717) is 5.69 Å². The fourth-order valence-corrected chi connectivity index (χ4v) is 3.71. The number of hydrogen-bond acceptors (Lipinski definition) is 4. The molecular formula is C12H21N3O3S. The van der Waals surface area contributed by atoms with Crippen molar-refractivity contribution in [3.63, 3.8) is 0 Å². The van der Waals surface area contributed by atoms with Crippen molar-refractivity contribution in [2.75, 3.05) is 0 Å². The summed E-state index contributed by atoms with van der Waals surface area (Å²) >= 11 is 0. The molecule has 1 aromatic heterocycles. The van der Waals surface area contributed by atoms with Crippen LogP contribution in [0.25, 0.3) is 0 Å². The first kappa shape index (κ1) is 14.5. The third-order valence-electron chi connectivity index (χ3n) is 3.62. The number of piperidine rings is 1. The van der Waals surface area contributed by atoms with Gasteiger partial charge in [-0.25, -0.2) is 13.4 Å². The van der Waals surface area contributed by atoms with E-state index >= 15 is 0 Å². The molecular weight excluding hydrogens is 266 g/mol. The van der Waals surface area contributed by atoms with Crippen molar-refractivity contribution in [3.05, 3.63) is 18.0 Å². The van der Waals surface area contributed by atoms with Crippen molar-refractivity contribution in [3.8, 4) is 0 Å². The van der Waals surface area contributed by atoms with E-state index in [1.165, 1.54) is 12.3 Å². The van der Waals surface area contributed by atoms with E-state index in [0.717, 1.165) is 19.3 Å². The van der Waals surface area contributed by atoms with Gasteiger partial charge in [0.15, 0.2) is 0 Å². The molecule has 1 saturated heterocycles. The Morgan fingerprint density at radius 1 is 1.42 bits per heavy atom. The molecule has 0 bridgehead atoms. The van der Waals surface area contributed by atoms with Gasteiger partial charge in [-0.2, -0.15) is 0 Å². The second kappa shape index (κ2) is 5.62. The number of aromatic nitrogens is 1. The number of aromatic amines is 1. The molecule has 2 atom stereocenters. The van der Waals surface area contributed by atoms with E-state index in [1.54, 1.807) is 0 Å². The summed E-state index contributed by atoms with van der Waals surface area (Å²) < 4.78 is 24.5. The van der Waals surface area contributed by atoms with Gasteiger partial charge in [-0.1, -0.05) is 6.42 Å². The van der Waals surface area contributed by atoms with Crippen molar-refractivity contribution in [1.82, 2.24) is 14.8 Å². The molecule has 1 fully saturated rings. The zero-order valence-corrected chi connectivity index (χ0v) is 12.1. The van der Waals surface area contributed by atoms with Crippen molar-refractivity contribution in [2.24, 2.45) is 0 Å². The van der Waals surface area contributed by atoms with E-state index in [1.807, 2.05) is 18.9 Å². The summed E-state index contributed by atoms with van der Waals surface area (Å²) in [4.78, 5) is 5.54. The first-order chi connectivity index (χ1) is 8.94. The van der Waals surface area contributed by atoms with Gasteiger partial charge < -0.3 is 10.1 Å². The number of H-pyrrole nitrogens is 1. The summed E-state index contributed by atoms with van der Waals surface area (Å²) in [7, 11) is -3.58. The average molecular weight is 287 g/mol. The molecule has 0 spiro atoms. The molecule has 2 rings (SSSR count). The highest BCUT2D eigenvalue weighted by Crippen LogP contribution is 2.22. The van der Waals surface area contributed by atoms with Crippen LogP contribution in [0.2, 0.25) is 0 Å². The van der Waals surface area contributed by atoms with E-state index in [-0.39, 0.29) is 23.6 Å². The largest absolute Gasteiger partial charge is 0.390 e. The minimum atomic E-state index is -3.58. The van der Waals surface area contributed by atoms with E-state index in [9.17, 15) is 8.42 Å². The monoisotopic (exact) mass is 287 g/mol. The lowest BCUT2D eigenvalue weighted by atomic mass is 10.0. The molecule has 0 saturated carbocycles. The molecule has 6 nitrogen and oxygen atoms in total. The maximum absolute atomic E-state index is 12.3. The topological polar surface area (TPSA) is 85.4 Å². The Morgan fingerprint density at radius 2 is 2.05 bits per heavy atom. The van der Waals surface area contributed by atoms with Crippen LogP contribution < -0.4 is 4.83 Å². The summed E-state index contributed by atoms with van der Waals surface area (Å²) in [5.41, 5.74) is 0.486. The van der Waals surface area contributed by atoms with Crippen LogP contribution in [-0.4, -0.2) is 35.6 Å². The van der Waals surface area contributed by atoms with Gasteiger partial charge in [-0.15, -0.1) is 4.83 Å². The van der Waals surface area contributed by atoms with Crippen molar-refractivity contribution < 1.29 is 13.5 Å². The van der Waals surface area contributed by atoms with Gasteiger partial charge in [0.2, 0.25) is 0 Å². The molecule has 108 valence electrons. The Bertz CT molecular complexity index is 516.